The van der Waals surface area contributed by atoms with Gasteiger partial charge in [0.1, 0.15) is 5.75 Å². The molecule has 0 bridgehead atoms. The number of halogens is 1. The fourth-order valence-corrected chi connectivity index (χ4v) is 1.65. The quantitative estimate of drug-likeness (QED) is 0.775. The molecule has 0 radical (unpaired) electrons. The normalized spacial score (nSPS) is 10.2. The summed E-state index contributed by atoms with van der Waals surface area (Å²) in [5, 5.41) is 3.31. The first-order valence-electron chi connectivity index (χ1n) is 5.88. The van der Waals surface area contributed by atoms with E-state index in [4.69, 9.17) is 21.1 Å². The van der Waals surface area contributed by atoms with E-state index in [1.807, 2.05) is 6.92 Å². The molecule has 5 heteroatoms. The molecular formula is C13H18ClNO3. The molecule has 0 unspecified atom stereocenters. The molecule has 0 aromatic heterocycles. The largest absolute Gasteiger partial charge is 0.496 e. The van der Waals surface area contributed by atoms with E-state index < -0.39 is 0 Å². The van der Waals surface area contributed by atoms with E-state index in [0.29, 0.717) is 36.1 Å². The van der Waals surface area contributed by atoms with Gasteiger partial charge in [-0.3, -0.25) is 4.79 Å². The average molecular weight is 272 g/mol. The fraction of sp³-hybridized carbons (Fsp3) is 0.462. The highest BCUT2D eigenvalue weighted by atomic mass is 35.5. The Kier molecular flexibility index (Phi) is 6.54. The fourth-order valence-electron chi connectivity index (χ4n) is 1.47. The van der Waals surface area contributed by atoms with E-state index in [-0.39, 0.29) is 5.91 Å². The molecule has 1 rings (SSSR count). The van der Waals surface area contributed by atoms with Crippen LogP contribution in [0, 0.1) is 0 Å². The van der Waals surface area contributed by atoms with Crippen molar-refractivity contribution >= 4 is 17.5 Å². The van der Waals surface area contributed by atoms with Crippen molar-refractivity contribution in [3.05, 3.63) is 28.8 Å². The second-order valence-corrected chi connectivity index (χ2v) is 4.09. The van der Waals surface area contributed by atoms with Crippen LogP contribution in [0.1, 0.15) is 23.7 Å². The minimum Gasteiger partial charge on any atom is -0.496 e. The molecule has 0 aliphatic heterocycles. The van der Waals surface area contributed by atoms with Gasteiger partial charge in [0.2, 0.25) is 0 Å². The van der Waals surface area contributed by atoms with Gasteiger partial charge in [0.25, 0.3) is 5.91 Å². The van der Waals surface area contributed by atoms with Crippen LogP contribution in [0.3, 0.4) is 0 Å². The number of nitrogens with one attached hydrogen (secondary N) is 1. The van der Waals surface area contributed by atoms with Gasteiger partial charge in [0.15, 0.2) is 0 Å². The molecule has 0 aliphatic carbocycles. The molecule has 4 nitrogen and oxygen atoms in total. The van der Waals surface area contributed by atoms with Crippen molar-refractivity contribution in [2.45, 2.75) is 13.3 Å². The lowest BCUT2D eigenvalue weighted by Crippen LogP contribution is -2.25. The zero-order chi connectivity index (χ0) is 13.4. The highest BCUT2D eigenvalue weighted by Crippen LogP contribution is 2.22. The number of amides is 1. The number of methoxy groups -OCH3 is 1. The highest BCUT2D eigenvalue weighted by molar-refractivity contribution is 6.31. The van der Waals surface area contributed by atoms with Crippen LogP contribution in [0.2, 0.25) is 5.02 Å². The van der Waals surface area contributed by atoms with Crippen molar-refractivity contribution in [2.24, 2.45) is 0 Å². The number of carbonyl (C=O) groups is 1. The first-order valence-corrected chi connectivity index (χ1v) is 6.26. The average Bonchev–Trinajstić information content (AvgIpc) is 2.38. The maximum absolute atomic E-state index is 11.9. The lowest BCUT2D eigenvalue weighted by atomic mass is 10.2. The number of benzene rings is 1. The third kappa shape index (κ3) is 4.55. The van der Waals surface area contributed by atoms with E-state index in [1.54, 1.807) is 18.2 Å². The Morgan fingerprint density at radius 2 is 2.22 bits per heavy atom. The SMILES string of the molecule is CCOCCCNC(=O)c1cc(Cl)ccc1OC. The van der Waals surface area contributed by atoms with Gasteiger partial charge < -0.3 is 14.8 Å². The predicted octanol–water partition coefficient (Wildman–Crippen LogP) is 2.51. The Hall–Kier alpha value is -1.26. The van der Waals surface area contributed by atoms with Crippen molar-refractivity contribution in [3.8, 4) is 5.75 Å². The van der Waals surface area contributed by atoms with Crippen LogP contribution in [-0.2, 0) is 4.74 Å². The van der Waals surface area contributed by atoms with E-state index >= 15 is 0 Å². The number of rotatable bonds is 7. The third-order valence-electron chi connectivity index (χ3n) is 2.36. The summed E-state index contributed by atoms with van der Waals surface area (Å²) in [4.78, 5) is 11.9. The highest BCUT2D eigenvalue weighted by Gasteiger charge is 2.12. The summed E-state index contributed by atoms with van der Waals surface area (Å²) in [7, 11) is 1.52. The maximum atomic E-state index is 11.9. The van der Waals surface area contributed by atoms with Crippen LogP contribution in [0.5, 0.6) is 5.75 Å². The van der Waals surface area contributed by atoms with E-state index in [1.165, 1.54) is 7.11 Å². The van der Waals surface area contributed by atoms with E-state index in [9.17, 15) is 4.79 Å². The molecule has 0 fully saturated rings. The smallest absolute Gasteiger partial charge is 0.255 e. The monoisotopic (exact) mass is 271 g/mol. The molecule has 0 saturated carbocycles. The lowest BCUT2D eigenvalue weighted by molar-refractivity contribution is 0.0941. The summed E-state index contributed by atoms with van der Waals surface area (Å²) < 4.78 is 10.3. The summed E-state index contributed by atoms with van der Waals surface area (Å²) in [5.41, 5.74) is 0.446. The molecule has 1 aromatic rings. The van der Waals surface area contributed by atoms with Gasteiger partial charge >= 0.3 is 0 Å². The lowest BCUT2D eigenvalue weighted by Gasteiger charge is -2.09. The zero-order valence-electron chi connectivity index (χ0n) is 10.7. The van der Waals surface area contributed by atoms with Crippen LogP contribution in [-0.4, -0.2) is 32.8 Å². The van der Waals surface area contributed by atoms with Gasteiger partial charge in [-0.1, -0.05) is 11.6 Å². The Labute approximate surface area is 112 Å². The zero-order valence-corrected chi connectivity index (χ0v) is 11.4. The van der Waals surface area contributed by atoms with Crippen molar-refractivity contribution in [1.29, 1.82) is 0 Å². The molecule has 0 saturated heterocycles. The van der Waals surface area contributed by atoms with Crippen LogP contribution in [0.25, 0.3) is 0 Å². The summed E-state index contributed by atoms with van der Waals surface area (Å²) in [6, 6.07) is 4.96. The third-order valence-corrected chi connectivity index (χ3v) is 2.60. The minimum atomic E-state index is -0.189. The second kappa shape index (κ2) is 7.95. The van der Waals surface area contributed by atoms with Gasteiger partial charge in [0, 0.05) is 24.8 Å². The standard InChI is InChI=1S/C13H18ClNO3/c1-3-18-8-4-7-15-13(16)11-9-10(14)5-6-12(11)17-2/h5-6,9H,3-4,7-8H2,1-2H3,(H,15,16). The number of hydrogen-bond donors (Lipinski definition) is 1. The molecular weight excluding hydrogens is 254 g/mol. The van der Waals surface area contributed by atoms with E-state index in [2.05, 4.69) is 5.32 Å². The van der Waals surface area contributed by atoms with Crippen molar-refractivity contribution in [3.63, 3.8) is 0 Å². The predicted molar refractivity (Wildman–Crippen MR) is 71.4 cm³/mol. The number of hydrogen-bond acceptors (Lipinski definition) is 3. The van der Waals surface area contributed by atoms with Crippen LogP contribution in [0.15, 0.2) is 18.2 Å². The van der Waals surface area contributed by atoms with Crippen molar-refractivity contribution in [2.75, 3.05) is 26.9 Å². The second-order valence-electron chi connectivity index (χ2n) is 3.65. The summed E-state index contributed by atoms with van der Waals surface area (Å²) >= 11 is 5.86. The van der Waals surface area contributed by atoms with Gasteiger partial charge in [-0.25, -0.2) is 0 Å². The minimum absolute atomic E-state index is 0.189. The molecule has 0 heterocycles. The number of ether oxygens (including phenoxy) is 2. The Balaban J connectivity index is 2.52. The van der Waals surface area contributed by atoms with Gasteiger partial charge in [-0.05, 0) is 31.5 Å². The molecule has 1 N–H and O–H groups in total. The van der Waals surface area contributed by atoms with Crippen LogP contribution in [0.4, 0.5) is 0 Å². The van der Waals surface area contributed by atoms with E-state index in [0.717, 1.165) is 6.42 Å². The van der Waals surface area contributed by atoms with Crippen molar-refractivity contribution < 1.29 is 14.3 Å². The van der Waals surface area contributed by atoms with Gasteiger partial charge in [-0.15, -0.1) is 0 Å². The molecule has 100 valence electrons. The first-order chi connectivity index (χ1) is 8.69. The van der Waals surface area contributed by atoms with Gasteiger partial charge in [-0.2, -0.15) is 0 Å². The van der Waals surface area contributed by atoms with Gasteiger partial charge in [0.05, 0.1) is 12.7 Å². The Morgan fingerprint density at radius 1 is 1.44 bits per heavy atom. The molecule has 1 aromatic carbocycles. The number of carbonyl (C=O) groups excluding carboxylic acids is 1. The topological polar surface area (TPSA) is 47.6 Å². The molecule has 0 aliphatic rings. The Bertz CT molecular complexity index is 396. The Morgan fingerprint density at radius 3 is 2.89 bits per heavy atom. The van der Waals surface area contributed by atoms with Crippen LogP contribution >= 0.6 is 11.6 Å². The molecule has 18 heavy (non-hydrogen) atoms. The summed E-state index contributed by atoms with van der Waals surface area (Å²) in [5.74, 6) is 0.326. The molecule has 0 atom stereocenters. The molecule has 0 spiro atoms. The van der Waals surface area contributed by atoms with Crippen molar-refractivity contribution in [1.82, 2.24) is 5.32 Å². The molecule has 1 amide bonds. The summed E-state index contributed by atoms with van der Waals surface area (Å²) in [6.45, 7) is 3.84. The van der Waals surface area contributed by atoms with Crippen LogP contribution < -0.4 is 10.1 Å². The summed E-state index contributed by atoms with van der Waals surface area (Å²) in [6.07, 6.45) is 0.780. The first kappa shape index (κ1) is 14.8. The maximum Gasteiger partial charge on any atom is 0.255 e.